The molecule has 0 bridgehead atoms. The fourth-order valence-electron chi connectivity index (χ4n) is 3.29. The Morgan fingerprint density at radius 1 is 0.917 bits per heavy atom. The molecule has 0 radical (unpaired) electrons. The maximum absolute atomic E-state index is 2.50. The number of halogens is 3. The second-order valence-corrected chi connectivity index (χ2v) is 10.6. The van der Waals surface area contributed by atoms with E-state index in [0.29, 0.717) is 5.92 Å². The van der Waals surface area contributed by atoms with E-state index < -0.39 is 8.07 Å². The van der Waals surface area contributed by atoms with Crippen molar-refractivity contribution < 1.29 is 58.9 Å². The molecule has 0 nitrogen and oxygen atoms in total. The van der Waals surface area contributed by atoms with Crippen LogP contribution in [0.3, 0.4) is 0 Å². The molecule has 2 aromatic rings. The van der Waals surface area contributed by atoms with Gasteiger partial charge in [0.2, 0.25) is 0 Å². The van der Waals surface area contributed by atoms with Crippen molar-refractivity contribution in [1.82, 2.24) is 0 Å². The van der Waals surface area contributed by atoms with Gasteiger partial charge in [0.15, 0.2) is 0 Å². The molecule has 0 saturated heterocycles. The summed E-state index contributed by atoms with van der Waals surface area (Å²) in [5, 5.41) is 3.22. The fourth-order valence-corrected chi connectivity index (χ4v) is 7.43. The van der Waals surface area contributed by atoms with Gasteiger partial charge in [-0.05, 0) is 0 Å². The van der Waals surface area contributed by atoms with Crippen LogP contribution in [-0.2, 0) is 21.7 Å². The van der Waals surface area contributed by atoms with Crippen molar-refractivity contribution in [2.75, 3.05) is 0 Å². The Kier molecular flexibility index (Phi) is 16.5. The molecule has 0 heterocycles. The van der Waals surface area contributed by atoms with Crippen LogP contribution in [0.15, 0.2) is 48.5 Å². The first kappa shape index (κ1) is 29.1. The standard InChI is InChI=1S/C19H27Si.3ClH.Ti/c1-5-16(4)17-13-14-19(15-17)20(6-2,7-3)18-11-9-8-10-12-18;;;;/h8-16H,5-7H2,1-4H3;3*1H;/q-1;;;;+4/p-3. The maximum atomic E-state index is 2.50. The summed E-state index contributed by atoms with van der Waals surface area (Å²) in [4.78, 5) is 0. The van der Waals surface area contributed by atoms with Crippen LogP contribution in [0.2, 0.25) is 12.1 Å². The number of rotatable bonds is 6. The number of benzene rings is 1. The third kappa shape index (κ3) is 5.97. The third-order valence-electron chi connectivity index (χ3n) is 5.04. The Morgan fingerprint density at radius 2 is 1.46 bits per heavy atom. The van der Waals surface area contributed by atoms with Gasteiger partial charge in [-0.1, -0.05) is 87.6 Å². The minimum Gasteiger partial charge on any atom is -1.00 e. The molecule has 132 valence electrons. The van der Waals surface area contributed by atoms with Crippen LogP contribution in [0.4, 0.5) is 0 Å². The zero-order chi connectivity index (χ0) is 14.6. The normalized spacial score (nSPS) is 11.2. The predicted octanol–water partition coefficient (Wildman–Crippen LogP) is -4.47. The molecule has 0 saturated carbocycles. The van der Waals surface area contributed by atoms with Crippen LogP contribution in [0.1, 0.15) is 45.6 Å². The first-order valence-electron chi connectivity index (χ1n) is 8.00. The van der Waals surface area contributed by atoms with E-state index in [9.17, 15) is 0 Å². The fraction of sp³-hybridized carbons (Fsp3) is 0.421. The van der Waals surface area contributed by atoms with Gasteiger partial charge in [0.05, 0.1) is 8.07 Å². The van der Waals surface area contributed by atoms with Gasteiger partial charge in [-0.2, -0.15) is 22.9 Å². The van der Waals surface area contributed by atoms with Gasteiger partial charge in [0.25, 0.3) is 0 Å². The third-order valence-corrected chi connectivity index (χ3v) is 10.3. The zero-order valence-electron chi connectivity index (χ0n) is 15.0. The van der Waals surface area contributed by atoms with Crippen molar-refractivity contribution in [2.45, 2.75) is 52.1 Å². The van der Waals surface area contributed by atoms with Gasteiger partial charge in [-0.3, -0.25) is 0 Å². The second kappa shape index (κ2) is 13.6. The summed E-state index contributed by atoms with van der Waals surface area (Å²) in [7, 11) is -1.53. The first-order chi connectivity index (χ1) is 9.67. The quantitative estimate of drug-likeness (QED) is 0.316. The van der Waals surface area contributed by atoms with Crippen LogP contribution in [-0.4, -0.2) is 8.07 Å². The van der Waals surface area contributed by atoms with Crippen molar-refractivity contribution in [2.24, 2.45) is 0 Å². The van der Waals surface area contributed by atoms with E-state index >= 15 is 0 Å². The Hall–Kier alpha value is 0.371. The summed E-state index contributed by atoms with van der Waals surface area (Å²) in [6.45, 7) is 9.36. The molecular weight excluding hydrogens is 411 g/mol. The van der Waals surface area contributed by atoms with Crippen molar-refractivity contribution in [3.8, 4) is 0 Å². The van der Waals surface area contributed by atoms with Crippen LogP contribution in [0.5, 0.6) is 0 Å². The average Bonchev–Trinajstić information content (AvgIpc) is 3.00. The maximum Gasteiger partial charge on any atom is 4.00 e. The Labute approximate surface area is 182 Å². The number of hydrogen-bond acceptors (Lipinski definition) is 0. The SMILES string of the molecule is CCC(C)c1cc[c-]([Si](CC)(CC)c2ccccc2)c1.[Cl-].[Cl-].[Cl-].[Ti+4]. The minimum atomic E-state index is -1.53. The first-order valence-corrected chi connectivity index (χ1v) is 10.4. The molecule has 0 N–H and O–H groups in total. The van der Waals surface area contributed by atoms with E-state index in [0.717, 1.165) is 0 Å². The zero-order valence-corrected chi connectivity index (χ0v) is 19.8. The second-order valence-electron chi connectivity index (χ2n) is 5.90. The van der Waals surface area contributed by atoms with Crippen LogP contribution in [0.25, 0.3) is 0 Å². The molecule has 2 aromatic carbocycles. The van der Waals surface area contributed by atoms with E-state index in [-0.39, 0.29) is 58.9 Å². The van der Waals surface area contributed by atoms with E-state index in [1.165, 1.54) is 24.1 Å². The van der Waals surface area contributed by atoms with Crippen molar-refractivity contribution in [3.63, 3.8) is 0 Å². The molecule has 0 amide bonds. The van der Waals surface area contributed by atoms with Crippen molar-refractivity contribution in [1.29, 1.82) is 0 Å². The van der Waals surface area contributed by atoms with Gasteiger partial charge in [0, 0.05) is 0 Å². The summed E-state index contributed by atoms with van der Waals surface area (Å²) in [5.41, 5.74) is 1.53. The molecule has 2 rings (SSSR count). The van der Waals surface area contributed by atoms with Crippen molar-refractivity contribution >= 4 is 18.4 Å². The van der Waals surface area contributed by atoms with Crippen molar-refractivity contribution in [3.05, 3.63) is 54.1 Å². The van der Waals surface area contributed by atoms with E-state index in [1.807, 2.05) is 0 Å². The van der Waals surface area contributed by atoms with E-state index in [4.69, 9.17) is 0 Å². The summed E-state index contributed by atoms with van der Waals surface area (Å²) in [6, 6.07) is 21.1. The molecule has 0 aliphatic carbocycles. The van der Waals surface area contributed by atoms with Crippen LogP contribution >= 0.6 is 0 Å². The van der Waals surface area contributed by atoms with Gasteiger partial charge in [-0.15, -0.1) is 0 Å². The van der Waals surface area contributed by atoms with E-state index in [1.54, 1.807) is 10.4 Å². The Bertz CT molecular complexity index is 539. The Morgan fingerprint density at radius 3 is 1.92 bits per heavy atom. The predicted molar refractivity (Wildman–Crippen MR) is 93.2 cm³/mol. The summed E-state index contributed by atoms with van der Waals surface area (Å²) in [6.07, 6.45) is 1.22. The minimum absolute atomic E-state index is 0. The van der Waals surface area contributed by atoms with Gasteiger partial charge in [-0.25, -0.2) is 6.07 Å². The Balaban J connectivity index is -0.00000110. The molecule has 24 heavy (non-hydrogen) atoms. The van der Waals surface area contributed by atoms with Gasteiger partial charge in [0.1, 0.15) is 0 Å². The average molecular weight is 438 g/mol. The molecule has 0 spiro atoms. The number of hydrogen-bond donors (Lipinski definition) is 0. The summed E-state index contributed by atoms with van der Waals surface area (Å²) < 4.78 is 0. The molecule has 0 aliphatic rings. The molecule has 5 heteroatoms. The largest absolute Gasteiger partial charge is 4.00 e. The summed E-state index contributed by atoms with van der Waals surface area (Å²) in [5.74, 6) is 0.680. The van der Waals surface area contributed by atoms with E-state index in [2.05, 4.69) is 76.2 Å². The van der Waals surface area contributed by atoms with Crippen LogP contribution < -0.4 is 47.6 Å². The molecule has 0 fully saturated rings. The molecule has 0 aromatic heterocycles. The molecule has 1 unspecified atom stereocenters. The van der Waals surface area contributed by atoms with Gasteiger partial charge >= 0.3 is 21.7 Å². The van der Waals surface area contributed by atoms with Crippen LogP contribution in [0, 0.1) is 0 Å². The monoisotopic (exact) mass is 436 g/mol. The summed E-state index contributed by atoms with van der Waals surface area (Å²) >= 11 is 0. The molecule has 0 aliphatic heterocycles. The smallest absolute Gasteiger partial charge is 1.00 e. The topological polar surface area (TPSA) is 0 Å². The molecule has 1 atom stereocenters. The van der Waals surface area contributed by atoms with Gasteiger partial charge < -0.3 is 37.2 Å². The molecular formula is C19H27Cl3SiTi.